The number of halogens is 1. The number of rotatable bonds is 9. The van der Waals surface area contributed by atoms with Crippen molar-refractivity contribution in [2.45, 2.75) is 13.3 Å². The molecule has 1 aromatic heterocycles. The predicted molar refractivity (Wildman–Crippen MR) is 123 cm³/mol. The minimum absolute atomic E-state index is 0.0290. The van der Waals surface area contributed by atoms with Crippen LogP contribution in [0.4, 0.5) is 5.69 Å². The standard InChI is InChI=1S/C22H22ClN3O6S/c1-3-31-22(28)19-18(12-13-32-33(2,29)30)20(21(27)24-16-9-5-4-6-10-16)26(25-19)17-11-7-8-15(23)14-17/h4-11,14H,3,12-13H2,1-2H3,(H,24,27). The van der Waals surface area contributed by atoms with E-state index in [1.54, 1.807) is 61.5 Å². The molecule has 3 aromatic rings. The Bertz CT molecular complexity index is 1260. The molecule has 3 rings (SSSR count). The molecule has 11 heteroatoms. The van der Waals surface area contributed by atoms with Crippen LogP contribution in [0.1, 0.15) is 33.5 Å². The smallest absolute Gasteiger partial charge is 0.359 e. The van der Waals surface area contributed by atoms with E-state index in [0.717, 1.165) is 6.26 Å². The first-order chi connectivity index (χ1) is 15.7. The Labute approximate surface area is 196 Å². The maximum absolute atomic E-state index is 13.4. The summed E-state index contributed by atoms with van der Waals surface area (Å²) >= 11 is 6.13. The van der Waals surface area contributed by atoms with Crippen molar-refractivity contribution in [3.05, 3.63) is 76.6 Å². The van der Waals surface area contributed by atoms with Crippen LogP contribution in [0.3, 0.4) is 0 Å². The lowest BCUT2D eigenvalue weighted by Crippen LogP contribution is -2.19. The van der Waals surface area contributed by atoms with Crippen LogP contribution < -0.4 is 5.32 Å². The Kier molecular flexibility index (Phi) is 7.85. The number of esters is 1. The lowest BCUT2D eigenvalue weighted by atomic mass is 10.1. The van der Waals surface area contributed by atoms with Crippen molar-refractivity contribution in [2.75, 3.05) is 24.8 Å². The van der Waals surface area contributed by atoms with Crippen molar-refractivity contribution < 1.29 is 26.9 Å². The maximum atomic E-state index is 13.4. The van der Waals surface area contributed by atoms with Gasteiger partial charge in [-0.3, -0.25) is 8.98 Å². The molecule has 0 fully saturated rings. The van der Waals surface area contributed by atoms with Gasteiger partial charge in [-0.05, 0) is 37.3 Å². The molecule has 1 N–H and O–H groups in total. The number of carbonyl (C=O) groups excluding carboxylic acids is 2. The molecule has 0 saturated carbocycles. The van der Waals surface area contributed by atoms with E-state index in [-0.39, 0.29) is 36.6 Å². The molecule has 0 aliphatic heterocycles. The molecule has 9 nitrogen and oxygen atoms in total. The van der Waals surface area contributed by atoms with E-state index >= 15 is 0 Å². The number of amides is 1. The Hall–Kier alpha value is -3.21. The molecule has 0 saturated heterocycles. The van der Waals surface area contributed by atoms with Gasteiger partial charge >= 0.3 is 5.97 Å². The van der Waals surface area contributed by atoms with Gasteiger partial charge in [-0.2, -0.15) is 13.5 Å². The maximum Gasteiger partial charge on any atom is 0.359 e. The van der Waals surface area contributed by atoms with Gasteiger partial charge in [-0.25, -0.2) is 9.48 Å². The second-order valence-corrected chi connectivity index (χ2v) is 8.96. The normalized spacial score (nSPS) is 11.2. The number of benzene rings is 2. The fourth-order valence-corrected chi connectivity index (χ4v) is 3.66. The number of carbonyl (C=O) groups is 2. The number of hydrogen-bond acceptors (Lipinski definition) is 7. The van der Waals surface area contributed by atoms with Crippen molar-refractivity contribution in [3.8, 4) is 5.69 Å². The highest BCUT2D eigenvalue weighted by atomic mass is 35.5. The molecule has 0 aliphatic rings. The van der Waals surface area contributed by atoms with Gasteiger partial charge in [0.2, 0.25) is 0 Å². The summed E-state index contributed by atoms with van der Waals surface area (Å²) in [5.74, 6) is -1.31. The van der Waals surface area contributed by atoms with E-state index in [2.05, 4.69) is 10.4 Å². The van der Waals surface area contributed by atoms with Crippen molar-refractivity contribution in [2.24, 2.45) is 0 Å². The molecule has 0 spiro atoms. The van der Waals surface area contributed by atoms with E-state index in [1.807, 2.05) is 0 Å². The second-order valence-electron chi connectivity index (χ2n) is 6.88. The molecular formula is C22H22ClN3O6S. The largest absolute Gasteiger partial charge is 0.461 e. The van der Waals surface area contributed by atoms with Crippen LogP contribution in [0.15, 0.2) is 54.6 Å². The molecule has 0 radical (unpaired) electrons. The van der Waals surface area contributed by atoms with Crippen LogP contribution in [0.5, 0.6) is 0 Å². The second kappa shape index (κ2) is 10.6. The van der Waals surface area contributed by atoms with Crippen LogP contribution in [-0.2, 0) is 25.5 Å². The molecule has 1 amide bonds. The van der Waals surface area contributed by atoms with Gasteiger partial charge in [-0.1, -0.05) is 35.9 Å². The third-order valence-corrected chi connectivity index (χ3v) is 5.23. The predicted octanol–water partition coefficient (Wildman–Crippen LogP) is 3.47. The number of para-hydroxylation sites is 1. The van der Waals surface area contributed by atoms with Crippen molar-refractivity contribution in [1.29, 1.82) is 0 Å². The van der Waals surface area contributed by atoms with Crippen molar-refractivity contribution >= 4 is 39.3 Å². The molecule has 174 valence electrons. The minimum atomic E-state index is -3.73. The first kappa shape index (κ1) is 24.4. The number of anilines is 1. The average molecular weight is 492 g/mol. The quantitative estimate of drug-likeness (QED) is 0.359. The lowest BCUT2D eigenvalue weighted by molar-refractivity contribution is 0.0517. The molecule has 33 heavy (non-hydrogen) atoms. The molecule has 0 aliphatic carbocycles. The summed E-state index contributed by atoms with van der Waals surface area (Å²) in [6.07, 6.45) is 0.830. The average Bonchev–Trinajstić information content (AvgIpc) is 3.13. The summed E-state index contributed by atoms with van der Waals surface area (Å²) in [7, 11) is -3.73. The zero-order valence-electron chi connectivity index (χ0n) is 17.9. The Morgan fingerprint density at radius 3 is 2.48 bits per heavy atom. The number of aromatic nitrogens is 2. The summed E-state index contributed by atoms with van der Waals surface area (Å²) in [6, 6.07) is 15.3. The Morgan fingerprint density at radius 2 is 1.85 bits per heavy atom. The van der Waals surface area contributed by atoms with Gasteiger partial charge in [0.05, 0.1) is 25.2 Å². The van der Waals surface area contributed by atoms with E-state index in [1.165, 1.54) is 4.68 Å². The third-order valence-electron chi connectivity index (χ3n) is 4.40. The van der Waals surface area contributed by atoms with Gasteiger partial charge < -0.3 is 10.1 Å². The van der Waals surface area contributed by atoms with E-state index in [4.69, 9.17) is 20.5 Å². The van der Waals surface area contributed by atoms with Crippen LogP contribution in [0.2, 0.25) is 5.02 Å². The molecule has 1 heterocycles. The monoisotopic (exact) mass is 491 g/mol. The minimum Gasteiger partial charge on any atom is -0.461 e. The van der Waals surface area contributed by atoms with Crippen LogP contribution >= 0.6 is 11.6 Å². The highest BCUT2D eigenvalue weighted by molar-refractivity contribution is 7.85. The number of nitrogens with one attached hydrogen (secondary N) is 1. The number of nitrogens with zero attached hydrogens (tertiary/aromatic N) is 2. The van der Waals surface area contributed by atoms with Crippen LogP contribution in [-0.4, -0.2) is 49.5 Å². The summed E-state index contributed by atoms with van der Waals surface area (Å²) in [5.41, 5.74) is 1.05. The van der Waals surface area contributed by atoms with Crippen molar-refractivity contribution in [1.82, 2.24) is 9.78 Å². The van der Waals surface area contributed by atoms with E-state index in [0.29, 0.717) is 16.4 Å². The highest BCUT2D eigenvalue weighted by Crippen LogP contribution is 2.24. The Morgan fingerprint density at radius 1 is 1.12 bits per heavy atom. The van der Waals surface area contributed by atoms with Crippen LogP contribution in [0, 0.1) is 0 Å². The fraction of sp³-hybridized carbons (Fsp3) is 0.227. The summed E-state index contributed by atoms with van der Waals surface area (Å²) in [5, 5.41) is 7.51. The molecular weight excluding hydrogens is 470 g/mol. The van der Waals surface area contributed by atoms with Gasteiger partial charge in [0.25, 0.3) is 16.0 Å². The first-order valence-electron chi connectivity index (χ1n) is 9.95. The first-order valence-corrected chi connectivity index (χ1v) is 12.1. The Balaban J connectivity index is 2.15. The molecule has 0 bridgehead atoms. The molecule has 0 atom stereocenters. The van der Waals surface area contributed by atoms with Crippen LogP contribution in [0.25, 0.3) is 5.69 Å². The lowest BCUT2D eigenvalue weighted by Gasteiger charge is -2.11. The zero-order chi connectivity index (χ0) is 24.0. The van der Waals surface area contributed by atoms with Gasteiger partial charge in [-0.15, -0.1) is 0 Å². The molecule has 0 unspecified atom stereocenters. The molecule has 2 aromatic carbocycles. The van der Waals surface area contributed by atoms with Crippen molar-refractivity contribution in [3.63, 3.8) is 0 Å². The third kappa shape index (κ3) is 6.41. The van der Waals surface area contributed by atoms with Gasteiger partial charge in [0.1, 0.15) is 5.69 Å². The summed E-state index contributed by atoms with van der Waals surface area (Å²) in [6.45, 7) is 1.44. The van der Waals surface area contributed by atoms with Gasteiger partial charge in [0, 0.05) is 22.7 Å². The van der Waals surface area contributed by atoms with Gasteiger partial charge in [0.15, 0.2) is 5.69 Å². The summed E-state index contributed by atoms with van der Waals surface area (Å²) < 4.78 is 34.1. The summed E-state index contributed by atoms with van der Waals surface area (Å²) in [4.78, 5) is 26.0. The van der Waals surface area contributed by atoms with E-state index in [9.17, 15) is 18.0 Å². The topological polar surface area (TPSA) is 117 Å². The zero-order valence-corrected chi connectivity index (χ0v) is 19.5. The number of ether oxygens (including phenoxy) is 1. The van der Waals surface area contributed by atoms with E-state index < -0.39 is 22.0 Å². The number of hydrogen-bond donors (Lipinski definition) is 1. The SMILES string of the molecule is CCOC(=O)c1nn(-c2cccc(Cl)c2)c(C(=O)Nc2ccccc2)c1CCOS(C)(=O)=O. The fourth-order valence-electron chi connectivity index (χ4n) is 3.09. The highest BCUT2D eigenvalue weighted by Gasteiger charge is 2.29.